The Bertz CT molecular complexity index is 641. The molecule has 0 radical (unpaired) electrons. The molecule has 2 aromatic rings. The van der Waals surface area contributed by atoms with Crippen LogP contribution in [0.15, 0.2) is 42.5 Å². The first-order valence-corrected chi connectivity index (χ1v) is 6.32. The van der Waals surface area contributed by atoms with Crippen molar-refractivity contribution in [1.82, 2.24) is 0 Å². The van der Waals surface area contributed by atoms with Gasteiger partial charge in [-0.3, -0.25) is 4.79 Å². The lowest BCUT2D eigenvalue weighted by Gasteiger charge is -2.11. The molecule has 20 heavy (non-hydrogen) atoms. The van der Waals surface area contributed by atoms with Gasteiger partial charge in [-0.25, -0.2) is 0 Å². The SMILES string of the molecule is Cc1ccc(NC(=O)c2ccccc2B(O)O)c(C)c1. The van der Waals surface area contributed by atoms with E-state index in [-0.39, 0.29) is 16.9 Å². The summed E-state index contributed by atoms with van der Waals surface area (Å²) in [5.74, 6) is -0.361. The summed E-state index contributed by atoms with van der Waals surface area (Å²) in [6.07, 6.45) is 0. The van der Waals surface area contributed by atoms with Gasteiger partial charge in [0.25, 0.3) is 5.91 Å². The predicted molar refractivity (Wildman–Crippen MR) is 80.1 cm³/mol. The van der Waals surface area contributed by atoms with E-state index in [1.807, 2.05) is 32.0 Å². The summed E-state index contributed by atoms with van der Waals surface area (Å²) >= 11 is 0. The van der Waals surface area contributed by atoms with Gasteiger partial charge >= 0.3 is 7.12 Å². The van der Waals surface area contributed by atoms with Gasteiger partial charge in [0.2, 0.25) is 0 Å². The molecule has 0 spiro atoms. The Labute approximate surface area is 118 Å². The fourth-order valence-electron chi connectivity index (χ4n) is 2.07. The highest BCUT2D eigenvalue weighted by Crippen LogP contribution is 2.16. The maximum absolute atomic E-state index is 12.2. The van der Waals surface area contributed by atoms with E-state index in [2.05, 4.69) is 5.32 Å². The van der Waals surface area contributed by atoms with Gasteiger partial charge in [0.05, 0.1) is 0 Å². The van der Waals surface area contributed by atoms with Crippen LogP contribution in [-0.2, 0) is 0 Å². The number of benzene rings is 2. The monoisotopic (exact) mass is 269 g/mol. The van der Waals surface area contributed by atoms with E-state index in [1.54, 1.807) is 18.2 Å². The van der Waals surface area contributed by atoms with Crippen LogP contribution in [0.1, 0.15) is 21.5 Å². The highest BCUT2D eigenvalue weighted by Gasteiger charge is 2.20. The van der Waals surface area contributed by atoms with Gasteiger partial charge in [-0.2, -0.15) is 0 Å². The predicted octanol–water partition coefficient (Wildman–Crippen LogP) is 1.24. The fraction of sp³-hybridized carbons (Fsp3) is 0.133. The van der Waals surface area contributed by atoms with Crippen molar-refractivity contribution < 1.29 is 14.8 Å². The highest BCUT2D eigenvalue weighted by atomic mass is 16.4. The number of hydrogen-bond acceptors (Lipinski definition) is 3. The van der Waals surface area contributed by atoms with Gasteiger partial charge in [0.1, 0.15) is 0 Å². The summed E-state index contributed by atoms with van der Waals surface area (Å²) in [5.41, 5.74) is 3.23. The normalized spacial score (nSPS) is 10.2. The average molecular weight is 269 g/mol. The van der Waals surface area contributed by atoms with Gasteiger partial charge in [-0.1, -0.05) is 35.9 Å². The molecule has 1 amide bonds. The molecule has 0 aliphatic rings. The Morgan fingerprint density at radius 2 is 1.80 bits per heavy atom. The molecule has 0 heterocycles. The van der Waals surface area contributed by atoms with Crippen molar-refractivity contribution in [3.8, 4) is 0 Å². The standard InChI is InChI=1S/C15H16BNO3/c1-10-7-8-14(11(2)9-10)17-15(18)12-5-3-4-6-13(12)16(19)20/h3-9,19-20H,1-2H3,(H,17,18). The summed E-state index contributed by atoms with van der Waals surface area (Å²) in [5, 5.41) is 21.4. The Kier molecular flexibility index (Phi) is 4.22. The van der Waals surface area contributed by atoms with Crippen LogP contribution in [-0.4, -0.2) is 23.1 Å². The Morgan fingerprint density at radius 1 is 1.10 bits per heavy atom. The summed E-state index contributed by atoms with van der Waals surface area (Å²) < 4.78 is 0. The molecular formula is C15H16BNO3. The third-order valence-electron chi connectivity index (χ3n) is 3.11. The zero-order valence-electron chi connectivity index (χ0n) is 11.4. The number of amides is 1. The molecule has 5 heteroatoms. The number of carbonyl (C=O) groups excluding carboxylic acids is 1. The lowest BCUT2D eigenvalue weighted by Crippen LogP contribution is -2.36. The smallest absolute Gasteiger partial charge is 0.423 e. The molecule has 0 aromatic heterocycles. The number of carbonyl (C=O) groups is 1. The highest BCUT2D eigenvalue weighted by molar-refractivity contribution is 6.60. The van der Waals surface area contributed by atoms with Crippen molar-refractivity contribution in [2.45, 2.75) is 13.8 Å². The molecule has 2 aromatic carbocycles. The van der Waals surface area contributed by atoms with Crippen molar-refractivity contribution in [3.05, 3.63) is 59.2 Å². The first kappa shape index (κ1) is 14.3. The minimum Gasteiger partial charge on any atom is -0.423 e. The minimum atomic E-state index is -1.67. The van der Waals surface area contributed by atoms with Gasteiger partial charge < -0.3 is 15.4 Å². The molecule has 0 saturated carbocycles. The molecular weight excluding hydrogens is 253 g/mol. The summed E-state index contributed by atoms with van der Waals surface area (Å²) in [7, 11) is -1.67. The Hall–Kier alpha value is -2.11. The van der Waals surface area contributed by atoms with E-state index in [4.69, 9.17) is 0 Å². The van der Waals surface area contributed by atoms with E-state index < -0.39 is 7.12 Å². The van der Waals surface area contributed by atoms with E-state index in [1.165, 1.54) is 6.07 Å². The second kappa shape index (κ2) is 5.90. The molecule has 4 nitrogen and oxygen atoms in total. The van der Waals surface area contributed by atoms with Gasteiger partial charge in [-0.05, 0) is 37.0 Å². The third-order valence-corrected chi connectivity index (χ3v) is 3.11. The zero-order valence-corrected chi connectivity index (χ0v) is 11.4. The van der Waals surface area contributed by atoms with Crippen LogP contribution in [0, 0.1) is 13.8 Å². The second-order valence-corrected chi connectivity index (χ2v) is 4.73. The first-order chi connectivity index (χ1) is 9.49. The van der Waals surface area contributed by atoms with Crippen LogP contribution >= 0.6 is 0 Å². The lowest BCUT2D eigenvalue weighted by molar-refractivity contribution is 0.102. The average Bonchev–Trinajstić information content (AvgIpc) is 2.41. The molecule has 0 bridgehead atoms. The zero-order chi connectivity index (χ0) is 14.7. The topological polar surface area (TPSA) is 69.6 Å². The van der Waals surface area contributed by atoms with Crippen LogP contribution in [0.5, 0.6) is 0 Å². The van der Waals surface area contributed by atoms with E-state index in [0.29, 0.717) is 5.69 Å². The minimum absolute atomic E-state index is 0.190. The molecule has 0 aliphatic heterocycles. The van der Waals surface area contributed by atoms with E-state index >= 15 is 0 Å². The largest absolute Gasteiger partial charge is 0.489 e. The quantitative estimate of drug-likeness (QED) is 0.734. The maximum Gasteiger partial charge on any atom is 0.489 e. The lowest BCUT2D eigenvalue weighted by atomic mass is 9.77. The van der Waals surface area contributed by atoms with Crippen LogP contribution in [0.25, 0.3) is 0 Å². The van der Waals surface area contributed by atoms with E-state index in [9.17, 15) is 14.8 Å². The van der Waals surface area contributed by atoms with Crippen molar-refractivity contribution in [2.75, 3.05) is 5.32 Å². The number of aryl methyl sites for hydroxylation is 2. The summed E-state index contributed by atoms with van der Waals surface area (Å²) in [6, 6.07) is 12.1. The van der Waals surface area contributed by atoms with Crippen molar-refractivity contribution in [1.29, 1.82) is 0 Å². The number of anilines is 1. The molecule has 0 unspecified atom stereocenters. The van der Waals surface area contributed by atoms with Crippen LogP contribution in [0.4, 0.5) is 5.69 Å². The van der Waals surface area contributed by atoms with E-state index in [0.717, 1.165) is 11.1 Å². The van der Waals surface area contributed by atoms with Crippen LogP contribution < -0.4 is 10.8 Å². The number of nitrogens with one attached hydrogen (secondary N) is 1. The number of hydrogen-bond donors (Lipinski definition) is 3. The number of rotatable bonds is 3. The van der Waals surface area contributed by atoms with Gasteiger partial charge in [0, 0.05) is 11.3 Å². The summed E-state index contributed by atoms with van der Waals surface area (Å²) in [6.45, 7) is 3.89. The molecule has 0 aliphatic carbocycles. The second-order valence-electron chi connectivity index (χ2n) is 4.73. The molecule has 0 fully saturated rings. The fourth-order valence-corrected chi connectivity index (χ4v) is 2.07. The van der Waals surface area contributed by atoms with Gasteiger partial charge in [0.15, 0.2) is 0 Å². The van der Waals surface area contributed by atoms with Crippen molar-refractivity contribution in [3.63, 3.8) is 0 Å². The Morgan fingerprint density at radius 3 is 2.45 bits per heavy atom. The molecule has 0 saturated heterocycles. The first-order valence-electron chi connectivity index (χ1n) is 6.32. The van der Waals surface area contributed by atoms with Crippen molar-refractivity contribution >= 4 is 24.2 Å². The maximum atomic E-state index is 12.2. The summed E-state index contributed by atoms with van der Waals surface area (Å²) in [4.78, 5) is 12.2. The molecule has 102 valence electrons. The molecule has 0 atom stereocenters. The van der Waals surface area contributed by atoms with Crippen LogP contribution in [0.2, 0.25) is 0 Å². The molecule has 3 N–H and O–H groups in total. The van der Waals surface area contributed by atoms with Crippen LogP contribution in [0.3, 0.4) is 0 Å². The van der Waals surface area contributed by atoms with Crippen molar-refractivity contribution in [2.24, 2.45) is 0 Å². The Balaban J connectivity index is 2.29. The third kappa shape index (κ3) is 3.07. The molecule has 2 rings (SSSR count). The van der Waals surface area contributed by atoms with Gasteiger partial charge in [-0.15, -0.1) is 0 Å².